The predicted octanol–water partition coefficient (Wildman–Crippen LogP) is 1.31. The molecule has 0 unspecified atom stereocenters. The highest BCUT2D eigenvalue weighted by molar-refractivity contribution is 6.30. The quantitative estimate of drug-likeness (QED) is 0.806. The van der Waals surface area contributed by atoms with Gasteiger partial charge in [0.15, 0.2) is 0 Å². The number of halogens is 1. The molecular formula is C11H12ClNO4. The highest BCUT2D eigenvalue weighted by Crippen LogP contribution is 2.15. The largest absolute Gasteiger partial charge is 0.493 e. The summed E-state index contributed by atoms with van der Waals surface area (Å²) in [4.78, 5) is 21.3. The van der Waals surface area contributed by atoms with Crippen molar-refractivity contribution in [1.82, 2.24) is 5.32 Å². The highest BCUT2D eigenvalue weighted by atomic mass is 35.5. The standard InChI is InChI=1S/C11H12ClNO4/c12-8-1-3-9(4-2-8)17-6-5-10(14)13-7-11(15)16/h1-4H,5-7H2,(H,13,14)(H,15,16). The normalized spacial score (nSPS) is 9.71. The molecule has 0 atom stereocenters. The topological polar surface area (TPSA) is 75.6 Å². The van der Waals surface area contributed by atoms with Crippen molar-refractivity contribution in [2.45, 2.75) is 6.42 Å². The molecule has 5 nitrogen and oxygen atoms in total. The zero-order chi connectivity index (χ0) is 12.7. The van der Waals surface area contributed by atoms with Crippen LogP contribution in [0, 0.1) is 0 Å². The summed E-state index contributed by atoms with van der Waals surface area (Å²) >= 11 is 5.69. The van der Waals surface area contributed by atoms with Gasteiger partial charge in [-0.1, -0.05) is 11.6 Å². The molecule has 0 aromatic heterocycles. The number of aliphatic carboxylic acids is 1. The van der Waals surface area contributed by atoms with Crippen molar-refractivity contribution < 1.29 is 19.4 Å². The van der Waals surface area contributed by atoms with Crippen LogP contribution in [0.2, 0.25) is 5.02 Å². The van der Waals surface area contributed by atoms with Crippen LogP contribution in [0.15, 0.2) is 24.3 Å². The second kappa shape index (κ2) is 6.75. The number of rotatable bonds is 6. The molecular weight excluding hydrogens is 246 g/mol. The minimum absolute atomic E-state index is 0.107. The predicted molar refractivity (Wildman–Crippen MR) is 62.2 cm³/mol. The van der Waals surface area contributed by atoms with E-state index in [9.17, 15) is 9.59 Å². The van der Waals surface area contributed by atoms with Crippen LogP contribution in [0.4, 0.5) is 0 Å². The second-order valence-electron chi connectivity index (χ2n) is 3.22. The Morgan fingerprint density at radius 1 is 1.29 bits per heavy atom. The van der Waals surface area contributed by atoms with Gasteiger partial charge in [-0.05, 0) is 24.3 Å². The summed E-state index contributed by atoms with van der Waals surface area (Å²) in [5, 5.41) is 11.2. The molecule has 0 aliphatic heterocycles. The summed E-state index contributed by atoms with van der Waals surface area (Å²) in [7, 11) is 0. The molecule has 0 aliphatic rings. The molecule has 0 saturated carbocycles. The fourth-order valence-corrected chi connectivity index (χ4v) is 1.18. The van der Waals surface area contributed by atoms with Gasteiger partial charge in [0.05, 0.1) is 13.0 Å². The smallest absolute Gasteiger partial charge is 0.322 e. The van der Waals surface area contributed by atoms with Gasteiger partial charge in [0, 0.05) is 5.02 Å². The summed E-state index contributed by atoms with van der Waals surface area (Å²) in [5.74, 6) is -0.821. The second-order valence-corrected chi connectivity index (χ2v) is 3.66. The first-order chi connectivity index (χ1) is 8.08. The number of ether oxygens (including phenoxy) is 1. The van der Waals surface area contributed by atoms with Gasteiger partial charge in [0.25, 0.3) is 0 Å². The van der Waals surface area contributed by atoms with Gasteiger partial charge in [-0.15, -0.1) is 0 Å². The molecule has 0 radical (unpaired) electrons. The number of hydrogen-bond acceptors (Lipinski definition) is 3. The number of nitrogens with one attached hydrogen (secondary N) is 1. The van der Waals surface area contributed by atoms with Gasteiger partial charge >= 0.3 is 5.97 Å². The van der Waals surface area contributed by atoms with Gasteiger partial charge in [0.1, 0.15) is 12.3 Å². The Balaban J connectivity index is 2.21. The zero-order valence-corrected chi connectivity index (χ0v) is 9.74. The molecule has 1 amide bonds. The molecule has 1 rings (SSSR count). The number of hydrogen-bond donors (Lipinski definition) is 2. The van der Waals surface area contributed by atoms with E-state index in [0.717, 1.165) is 0 Å². The molecule has 1 aromatic rings. The minimum Gasteiger partial charge on any atom is -0.493 e. The van der Waals surface area contributed by atoms with Gasteiger partial charge in [-0.3, -0.25) is 9.59 Å². The minimum atomic E-state index is -1.07. The van der Waals surface area contributed by atoms with Gasteiger partial charge < -0.3 is 15.2 Å². The lowest BCUT2D eigenvalue weighted by Gasteiger charge is -2.06. The maximum atomic E-state index is 11.1. The molecule has 0 saturated heterocycles. The first-order valence-corrected chi connectivity index (χ1v) is 5.32. The average Bonchev–Trinajstić information content (AvgIpc) is 2.29. The molecule has 6 heteroatoms. The molecule has 0 heterocycles. The van der Waals surface area contributed by atoms with E-state index < -0.39 is 5.97 Å². The summed E-state index contributed by atoms with van der Waals surface area (Å²) in [5.41, 5.74) is 0. The van der Waals surface area contributed by atoms with Crippen LogP contribution < -0.4 is 10.1 Å². The van der Waals surface area contributed by atoms with Crippen molar-refractivity contribution >= 4 is 23.5 Å². The van der Waals surface area contributed by atoms with Crippen molar-refractivity contribution in [3.63, 3.8) is 0 Å². The molecule has 0 aliphatic carbocycles. The zero-order valence-electron chi connectivity index (χ0n) is 8.98. The first kappa shape index (κ1) is 13.3. The van der Waals surface area contributed by atoms with E-state index in [1.54, 1.807) is 24.3 Å². The lowest BCUT2D eigenvalue weighted by atomic mass is 10.3. The Kier molecular flexibility index (Phi) is 5.29. The van der Waals surface area contributed by atoms with Crippen LogP contribution in [-0.2, 0) is 9.59 Å². The molecule has 0 bridgehead atoms. The third-order valence-electron chi connectivity index (χ3n) is 1.85. The number of amides is 1. The number of benzene rings is 1. The Morgan fingerprint density at radius 3 is 2.53 bits per heavy atom. The number of carboxylic acids is 1. The number of carboxylic acid groups (broad SMARTS) is 1. The summed E-state index contributed by atoms with van der Waals surface area (Å²) < 4.78 is 5.27. The van der Waals surface area contributed by atoms with E-state index in [1.807, 2.05) is 0 Å². The van der Waals surface area contributed by atoms with Crippen molar-refractivity contribution in [3.05, 3.63) is 29.3 Å². The van der Waals surface area contributed by atoms with Crippen molar-refractivity contribution in [2.75, 3.05) is 13.2 Å². The highest BCUT2D eigenvalue weighted by Gasteiger charge is 2.03. The van der Waals surface area contributed by atoms with Crippen molar-refractivity contribution in [2.24, 2.45) is 0 Å². The van der Waals surface area contributed by atoms with E-state index in [0.29, 0.717) is 10.8 Å². The summed E-state index contributed by atoms with van der Waals surface area (Å²) in [6.07, 6.45) is 0.107. The SMILES string of the molecule is O=C(O)CNC(=O)CCOc1ccc(Cl)cc1. The third kappa shape index (κ3) is 5.77. The Hall–Kier alpha value is -1.75. The molecule has 17 heavy (non-hydrogen) atoms. The lowest BCUT2D eigenvalue weighted by molar-refractivity contribution is -0.138. The maximum Gasteiger partial charge on any atom is 0.322 e. The fraction of sp³-hybridized carbons (Fsp3) is 0.273. The molecule has 1 aromatic carbocycles. The van der Waals surface area contributed by atoms with E-state index in [-0.39, 0.29) is 25.5 Å². The van der Waals surface area contributed by atoms with Crippen LogP contribution in [0.5, 0.6) is 5.75 Å². The van der Waals surface area contributed by atoms with E-state index in [2.05, 4.69) is 5.32 Å². The Labute approximate surface area is 103 Å². The van der Waals surface area contributed by atoms with Crippen LogP contribution in [0.25, 0.3) is 0 Å². The molecule has 2 N–H and O–H groups in total. The van der Waals surface area contributed by atoms with Crippen molar-refractivity contribution in [3.8, 4) is 5.75 Å². The Bertz CT molecular complexity index is 391. The first-order valence-electron chi connectivity index (χ1n) is 4.95. The maximum absolute atomic E-state index is 11.1. The Morgan fingerprint density at radius 2 is 1.94 bits per heavy atom. The van der Waals surface area contributed by atoms with E-state index in [4.69, 9.17) is 21.4 Å². The monoisotopic (exact) mass is 257 g/mol. The van der Waals surface area contributed by atoms with Crippen LogP contribution in [0.1, 0.15) is 6.42 Å². The van der Waals surface area contributed by atoms with Crippen LogP contribution in [0.3, 0.4) is 0 Å². The molecule has 0 spiro atoms. The lowest BCUT2D eigenvalue weighted by Crippen LogP contribution is -2.30. The number of carbonyl (C=O) groups excluding carboxylic acids is 1. The average molecular weight is 258 g/mol. The van der Waals surface area contributed by atoms with Crippen molar-refractivity contribution in [1.29, 1.82) is 0 Å². The van der Waals surface area contributed by atoms with Gasteiger partial charge in [0.2, 0.25) is 5.91 Å². The van der Waals surface area contributed by atoms with Crippen LogP contribution in [-0.4, -0.2) is 30.1 Å². The molecule has 92 valence electrons. The number of carbonyl (C=O) groups is 2. The molecule has 0 fully saturated rings. The third-order valence-corrected chi connectivity index (χ3v) is 2.10. The van der Waals surface area contributed by atoms with E-state index >= 15 is 0 Å². The van der Waals surface area contributed by atoms with Gasteiger partial charge in [-0.25, -0.2) is 0 Å². The summed E-state index contributed by atoms with van der Waals surface area (Å²) in [6, 6.07) is 6.75. The fourth-order valence-electron chi connectivity index (χ4n) is 1.05. The van der Waals surface area contributed by atoms with E-state index in [1.165, 1.54) is 0 Å². The summed E-state index contributed by atoms with van der Waals surface area (Å²) in [6.45, 7) is -0.188. The van der Waals surface area contributed by atoms with Gasteiger partial charge in [-0.2, -0.15) is 0 Å². The van der Waals surface area contributed by atoms with Crippen LogP contribution >= 0.6 is 11.6 Å².